The van der Waals surface area contributed by atoms with Crippen LogP contribution in [0.4, 0.5) is 16.2 Å². The van der Waals surface area contributed by atoms with Crippen molar-refractivity contribution >= 4 is 40.0 Å². The minimum absolute atomic E-state index is 0.0439. The third kappa shape index (κ3) is 4.49. The van der Waals surface area contributed by atoms with E-state index in [0.29, 0.717) is 27.2 Å². The number of nitro groups is 1. The summed E-state index contributed by atoms with van der Waals surface area (Å²) in [6.45, 7) is 1.81. The van der Waals surface area contributed by atoms with Gasteiger partial charge in [0.1, 0.15) is 12.3 Å². The number of pyridine rings is 1. The number of nitrogens with zero attached hydrogens (tertiary/aromatic N) is 2. The maximum atomic E-state index is 13.3. The van der Waals surface area contributed by atoms with Gasteiger partial charge in [-0.3, -0.25) is 20.2 Å². The minimum atomic E-state index is -0.837. The van der Waals surface area contributed by atoms with Gasteiger partial charge in [0.05, 0.1) is 10.4 Å². The average molecular weight is 478 g/mol. The van der Waals surface area contributed by atoms with E-state index in [2.05, 4.69) is 5.32 Å². The molecule has 0 atom stereocenters. The van der Waals surface area contributed by atoms with Crippen LogP contribution in [0.2, 0.25) is 5.02 Å². The van der Waals surface area contributed by atoms with Crippen LogP contribution in [0.5, 0.6) is 0 Å². The van der Waals surface area contributed by atoms with Crippen LogP contribution in [-0.4, -0.2) is 15.6 Å². The average Bonchev–Trinajstić information content (AvgIpc) is 2.82. The van der Waals surface area contributed by atoms with Gasteiger partial charge in [-0.2, -0.15) is 0 Å². The summed E-state index contributed by atoms with van der Waals surface area (Å²) in [5.74, 6) is 0. The van der Waals surface area contributed by atoms with Gasteiger partial charge in [0, 0.05) is 40.7 Å². The summed E-state index contributed by atoms with van der Waals surface area (Å²) >= 11 is 6.48. The van der Waals surface area contributed by atoms with Crippen molar-refractivity contribution in [2.24, 2.45) is 7.05 Å². The zero-order valence-electron chi connectivity index (χ0n) is 18.4. The van der Waals surface area contributed by atoms with E-state index in [9.17, 15) is 19.7 Å². The first kappa shape index (κ1) is 23.0. The fourth-order valence-electron chi connectivity index (χ4n) is 3.72. The quantitative estimate of drug-likeness (QED) is 0.288. The molecule has 0 radical (unpaired) electrons. The Balaban J connectivity index is 1.73. The maximum Gasteiger partial charge on any atom is 0.412 e. The van der Waals surface area contributed by atoms with Crippen molar-refractivity contribution in [3.63, 3.8) is 0 Å². The number of carbonyl (C=O) groups is 1. The minimum Gasteiger partial charge on any atom is -0.444 e. The molecule has 0 bridgehead atoms. The molecule has 0 aliphatic rings. The molecule has 0 spiro atoms. The lowest BCUT2D eigenvalue weighted by Gasteiger charge is -2.18. The third-order valence-corrected chi connectivity index (χ3v) is 5.77. The third-order valence-electron chi connectivity index (χ3n) is 5.44. The van der Waals surface area contributed by atoms with Crippen LogP contribution in [0.1, 0.15) is 11.1 Å². The molecule has 34 heavy (non-hydrogen) atoms. The topological polar surface area (TPSA) is 103 Å². The largest absolute Gasteiger partial charge is 0.444 e. The SMILES string of the molecule is Cc1ccc2c(c1)c(-c1ccccc1Cl)c(NC(=O)OCc1ccc([N+](=O)[O-])cc1)c(=O)n2C. The number of nitrogens with one attached hydrogen (secondary N) is 1. The molecule has 0 aliphatic carbocycles. The lowest BCUT2D eigenvalue weighted by Crippen LogP contribution is -2.26. The van der Waals surface area contributed by atoms with Crippen LogP contribution >= 0.6 is 11.6 Å². The number of fused-ring (bicyclic) bond motifs is 1. The molecule has 4 aromatic rings. The first-order valence-corrected chi connectivity index (χ1v) is 10.7. The number of benzene rings is 3. The zero-order valence-corrected chi connectivity index (χ0v) is 19.1. The Morgan fingerprint density at radius 3 is 2.50 bits per heavy atom. The van der Waals surface area contributed by atoms with Gasteiger partial charge < -0.3 is 9.30 Å². The number of rotatable bonds is 5. The van der Waals surface area contributed by atoms with Crippen molar-refractivity contribution < 1.29 is 14.5 Å². The van der Waals surface area contributed by atoms with Gasteiger partial charge in [-0.25, -0.2) is 4.79 Å². The lowest BCUT2D eigenvalue weighted by molar-refractivity contribution is -0.384. The first-order chi connectivity index (χ1) is 16.3. The number of hydrogen-bond acceptors (Lipinski definition) is 5. The van der Waals surface area contributed by atoms with Crippen molar-refractivity contribution in [3.05, 3.63) is 103 Å². The number of ether oxygens (including phenoxy) is 1. The Morgan fingerprint density at radius 2 is 1.82 bits per heavy atom. The molecule has 1 heterocycles. The Hall–Kier alpha value is -4.17. The summed E-state index contributed by atoms with van der Waals surface area (Å²) in [4.78, 5) is 36.2. The van der Waals surface area contributed by atoms with Gasteiger partial charge in [0.15, 0.2) is 0 Å². The molecule has 9 heteroatoms. The van der Waals surface area contributed by atoms with Crippen LogP contribution < -0.4 is 10.9 Å². The smallest absolute Gasteiger partial charge is 0.412 e. The number of aryl methyl sites for hydroxylation is 2. The van der Waals surface area contributed by atoms with Crippen LogP contribution in [0.3, 0.4) is 0 Å². The molecule has 0 unspecified atom stereocenters. The van der Waals surface area contributed by atoms with Crippen LogP contribution in [0, 0.1) is 17.0 Å². The van der Waals surface area contributed by atoms with E-state index in [1.165, 1.54) is 28.8 Å². The summed E-state index contributed by atoms with van der Waals surface area (Å²) in [5, 5.41) is 14.6. The summed E-state index contributed by atoms with van der Waals surface area (Å²) in [6, 6.07) is 18.4. The summed E-state index contributed by atoms with van der Waals surface area (Å²) < 4.78 is 6.74. The Labute approximate surface area is 199 Å². The number of anilines is 1. The second kappa shape index (κ2) is 9.36. The van der Waals surface area contributed by atoms with Gasteiger partial charge >= 0.3 is 6.09 Å². The maximum absolute atomic E-state index is 13.3. The van der Waals surface area contributed by atoms with E-state index in [-0.39, 0.29) is 18.0 Å². The molecular formula is C25H20ClN3O5. The highest BCUT2D eigenvalue weighted by atomic mass is 35.5. The molecule has 1 amide bonds. The molecule has 0 fully saturated rings. The summed E-state index contributed by atoms with van der Waals surface area (Å²) in [6.07, 6.45) is -0.837. The number of non-ortho nitro benzene ring substituents is 1. The predicted molar refractivity (Wildman–Crippen MR) is 131 cm³/mol. The standard InChI is InChI=1S/C25H20ClN3O5/c1-15-7-12-21-19(13-15)22(18-5-3-4-6-20(18)26)23(24(30)28(21)2)27-25(31)34-14-16-8-10-17(11-9-16)29(32)33/h3-13H,14H2,1-2H3,(H,27,31). The number of nitro benzene ring substituents is 1. The van der Waals surface area contributed by atoms with E-state index in [0.717, 1.165) is 10.9 Å². The molecular weight excluding hydrogens is 458 g/mol. The van der Waals surface area contributed by atoms with Gasteiger partial charge in [-0.05, 0) is 42.8 Å². The number of aromatic nitrogens is 1. The fraction of sp³-hybridized carbons (Fsp3) is 0.120. The van der Waals surface area contributed by atoms with Crippen molar-refractivity contribution in [1.82, 2.24) is 4.57 Å². The van der Waals surface area contributed by atoms with E-state index in [1.54, 1.807) is 31.3 Å². The molecule has 0 aliphatic heterocycles. The number of carbonyl (C=O) groups excluding carboxylic acids is 1. The van der Waals surface area contributed by atoms with Gasteiger partial charge in [0.25, 0.3) is 11.2 Å². The van der Waals surface area contributed by atoms with Crippen molar-refractivity contribution in [2.45, 2.75) is 13.5 Å². The zero-order chi connectivity index (χ0) is 24.4. The number of hydrogen-bond donors (Lipinski definition) is 1. The van der Waals surface area contributed by atoms with Crippen molar-refractivity contribution in [1.29, 1.82) is 0 Å². The molecule has 0 saturated heterocycles. The molecule has 8 nitrogen and oxygen atoms in total. The Kier molecular flexibility index (Phi) is 6.34. The first-order valence-electron chi connectivity index (χ1n) is 10.3. The molecule has 1 N–H and O–H groups in total. The summed E-state index contributed by atoms with van der Waals surface area (Å²) in [5.41, 5.74) is 2.90. The second-order valence-corrected chi connectivity index (χ2v) is 8.15. The molecule has 1 aromatic heterocycles. The molecule has 3 aromatic carbocycles. The van der Waals surface area contributed by atoms with Gasteiger partial charge in [-0.15, -0.1) is 0 Å². The molecule has 0 saturated carbocycles. The Morgan fingerprint density at radius 1 is 1.12 bits per heavy atom. The van der Waals surface area contributed by atoms with Crippen LogP contribution in [0.25, 0.3) is 22.0 Å². The highest BCUT2D eigenvalue weighted by molar-refractivity contribution is 6.34. The predicted octanol–water partition coefficient (Wildman–Crippen LogP) is 5.82. The van der Waals surface area contributed by atoms with Crippen molar-refractivity contribution in [3.8, 4) is 11.1 Å². The van der Waals surface area contributed by atoms with Crippen LogP contribution in [0.15, 0.2) is 71.5 Å². The van der Waals surface area contributed by atoms with E-state index >= 15 is 0 Å². The number of halogens is 1. The van der Waals surface area contributed by atoms with Crippen LogP contribution in [-0.2, 0) is 18.4 Å². The molecule has 172 valence electrons. The van der Waals surface area contributed by atoms with Gasteiger partial charge in [-0.1, -0.05) is 41.4 Å². The Bertz CT molecular complexity index is 1480. The molecule has 4 rings (SSSR count). The van der Waals surface area contributed by atoms with Gasteiger partial charge in [0.2, 0.25) is 0 Å². The van der Waals surface area contributed by atoms with E-state index in [4.69, 9.17) is 16.3 Å². The second-order valence-electron chi connectivity index (χ2n) is 7.74. The fourth-order valence-corrected chi connectivity index (χ4v) is 3.95. The van der Waals surface area contributed by atoms with E-state index in [1.807, 2.05) is 25.1 Å². The van der Waals surface area contributed by atoms with Crippen molar-refractivity contribution in [2.75, 3.05) is 5.32 Å². The normalized spacial score (nSPS) is 10.8. The monoisotopic (exact) mass is 477 g/mol. The van der Waals surface area contributed by atoms with E-state index < -0.39 is 16.6 Å². The number of amides is 1. The summed E-state index contributed by atoms with van der Waals surface area (Å²) in [7, 11) is 1.63. The lowest BCUT2D eigenvalue weighted by atomic mass is 9.97. The highest BCUT2D eigenvalue weighted by Crippen LogP contribution is 2.37. The highest BCUT2D eigenvalue weighted by Gasteiger charge is 2.21.